The van der Waals surface area contributed by atoms with Gasteiger partial charge in [0.2, 0.25) is 0 Å². The maximum absolute atomic E-state index is 10.9. The van der Waals surface area contributed by atoms with Crippen molar-refractivity contribution in [3.8, 4) is 11.5 Å². The highest BCUT2D eigenvalue weighted by molar-refractivity contribution is 5.85. The van der Waals surface area contributed by atoms with E-state index in [4.69, 9.17) is 0 Å². The number of hydrogen-bond donors (Lipinski definition) is 2. The number of fused-ring (bicyclic) bond motifs is 1. The van der Waals surface area contributed by atoms with Gasteiger partial charge in [0, 0.05) is 5.39 Å². The highest BCUT2D eigenvalue weighted by atomic mass is 35.5. The molecule has 0 atom stereocenters. The number of hydrogen-bond acceptors (Lipinski definition) is 3. The van der Waals surface area contributed by atoms with Crippen LogP contribution in [-0.2, 0) is 0 Å². The molecule has 2 heterocycles. The summed E-state index contributed by atoms with van der Waals surface area (Å²) in [4.78, 5) is 17.9. The van der Waals surface area contributed by atoms with Crippen molar-refractivity contribution < 1.29 is 0 Å². The zero-order valence-corrected chi connectivity index (χ0v) is 10.7. The molecule has 0 aliphatic rings. The van der Waals surface area contributed by atoms with Crippen molar-refractivity contribution in [2.75, 3.05) is 0 Å². The average Bonchev–Trinajstić information content (AvgIpc) is 2.75. The van der Waals surface area contributed by atoms with Crippen LogP contribution in [0.25, 0.3) is 22.4 Å². The van der Waals surface area contributed by atoms with Gasteiger partial charge in [-0.05, 0) is 12.1 Å². The van der Waals surface area contributed by atoms with Gasteiger partial charge in [-0.1, -0.05) is 24.3 Å². The second-order valence-electron chi connectivity index (χ2n) is 3.42. The number of para-hydroxylation sites is 1. The van der Waals surface area contributed by atoms with Crippen molar-refractivity contribution >= 4 is 35.7 Å². The van der Waals surface area contributed by atoms with E-state index >= 15 is 0 Å². The Balaban J connectivity index is 0.000000810. The number of halogens is 2. The van der Waals surface area contributed by atoms with Gasteiger partial charge < -0.3 is 0 Å². The van der Waals surface area contributed by atoms with Gasteiger partial charge in [-0.2, -0.15) is 5.10 Å². The van der Waals surface area contributed by atoms with Crippen LogP contribution in [-0.4, -0.2) is 20.2 Å². The zero-order chi connectivity index (χ0) is 11.0. The lowest BCUT2D eigenvalue weighted by atomic mass is 10.2. The maximum Gasteiger partial charge on any atom is 0.340 e. The smallest absolute Gasteiger partial charge is 0.288 e. The molecular formula is C11H10Cl2N4O. The molecule has 3 aromatic rings. The number of aromatic nitrogens is 4. The van der Waals surface area contributed by atoms with E-state index in [1.165, 1.54) is 0 Å². The third-order valence-corrected chi connectivity index (χ3v) is 2.34. The summed E-state index contributed by atoms with van der Waals surface area (Å²) >= 11 is 0. The quantitative estimate of drug-likeness (QED) is 0.719. The summed E-state index contributed by atoms with van der Waals surface area (Å²) in [6.45, 7) is 0. The maximum atomic E-state index is 10.9. The summed E-state index contributed by atoms with van der Waals surface area (Å²) < 4.78 is 0. The fraction of sp³-hybridized carbons (Fsp3) is 0. The van der Waals surface area contributed by atoms with Crippen molar-refractivity contribution in [2.45, 2.75) is 0 Å². The summed E-state index contributed by atoms with van der Waals surface area (Å²) in [5.74, 6) is 0.454. The molecule has 0 fully saturated rings. The van der Waals surface area contributed by atoms with Crippen molar-refractivity contribution in [3.63, 3.8) is 0 Å². The van der Waals surface area contributed by atoms with E-state index < -0.39 is 0 Å². The highest BCUT2D eigenvalue weighted by Gasteiger charge is 2.04. The Labute approximate surface area is 114 Å². The van der Waals surface area contributed by atoms with Crippen LogP contribution in [0.15, 0.2) is 41.2 Å². The molecule has 0 aliphatic carbocycles. The highest BCUT2D eigenvalue weighted by Crippen LogP contribution is 2.16. The number of aromatic amines is 2. The Kier molecular flexibility index (Phi) is 4.47. The Hall–Kier alpha value is -1.85. The molecule has 0 aliphatic heterocycles. The van der Waals surface area contributed by atoms with Crippen molar-refractivity contribution in [3.05, 3.63) is 46.9 Å². The second kappa shape index (κ2) is 5.66. The standard InChI is InChI=1S/C11H8N4O.2ClH/c16-11-13-10(14-15-11)9-6-5-7-3-1-2-4-8(7)12-9;;/h1-6H,(H2,13,14,15,16);2*1H. The summed E-state index contributed by atoms with van der Waals surface area (Å²) in [6, 6.07) is 11.6. The first-order chi connectivity index (χ1) is 7.83. The first-order valence-electron chi connectivity index (χ1n) is 4.84. The lowest BCUT2D eigenvalue weighted by Gasteiger charge is -1.98. The normalized spacial score (nSPS) is 9.56. The van der Waals surface area contributed by atoms with Gasteiger partial charge in [0.25, 0.3) is 0 Å². The van der Waals surface area contributed by atoms with Gasteiger partial charge in [-0.25, -0.2) is 14.9 Å². The van der Waals surface area contributed by atoms with Crippen LogP contribution in [0.1, 0.15) is 0 Å². The molecule has 0 spiro atoms. The lowest BCUT2D eigenvalue weighted by Crippen LogP contribution is -2.00. The van der Waals surface area contributed by atoms with Crippen LogP contribution in [0.4, 0.5) is 0 Å². The van der Waals surface area contributed by atoms with Crippen LogP contribution in [0, 0.1) is 0 Å². The molecule has 5 nitrogen and oxygen atoms in total. The van der Waals surface area contributed by atoms with Crippen LogP contribution in [0.5, 0.6) is 0 Å². The van der Waals surface area contributed by atoms with E-state index in [0.29, 0.717) is 11.5 Å². The molecule has 0 bridgehead atoms. The van der Waals surface area contributed by atoms with E-state index in [9.17, 15) is 4.79 Å². The molecule has 0 radical (unpaired) electrons. The first kappa shape index (κ1) is 14.2. The molecule has 1 aromatic carbocycles. The third kappa shape index (κ3) is 2.52. The van der Waals surface area contributed by atoms with Crippen LogP contribution in [0.3, 0.4) is 0 Å². The largest absolute Gasteiger partial charge is 0.340 e. The van der Waals surface area contributed by atoms with Gasteiger partial charge >= 0.3 is 5.69 Å². The molecule has 0 saturated carbocycles. The minimum Gasteiger partial charge on any atom is -0.288 e. The van der Waals surface area contributed by atoms with Crippen LogP contribution < -0.4 is 5.69 Å². The number of benzene rings is 1. The van der Waals surface area contributed by atoms with Gasteiger partial charge in [0.15, 0.2) is 5.82 Å². The average molecular weight is 285 g/mol. The Morgan fingerprint density at radius 2 is 1.78 bits per heavy atom. The zero-order valence-electron chi connectivity index (χ0n) is 9.08. The number of rotatable bonds is 1. The van der Waals surface area contributed by atoms with Crippen molar-refractivity contribution in [2.24, 2.45) is 0 Å². The predicted octanol–water partition coefficient (Wildman–Crippen LogP) is 2.16. The third-order valence-electron chi connectivity index (χ3n) is 2.34. The summed E-state index contributed by atoms with van der Waals surface area (Å²) in [6.07, 6.45) is 0. The predicted molar refractivity (Wildman–Crippen MR) is 74.4 cm³/mol. The molecule has 2 aromatic heterocycles. The SMILES string of the molecule is Cl.Cl.O=c1[nH]nc(-c2ccc3ccccc3n2)[nH]1. The fourth-order valence-electron chi connectivity index (χ4n) is 1.59. The minimum atomic E-state index is -0.329. The van der Waals surface area contributed by atoms with Crippen molar-refractivity contribution in [1.82, 2.24) is 20.2 Å². The number of nitrogens with zero attached hydrogens (tertiary/aromatic N) is 2. The summed E-state index contributed by atoms with van der Waals surface area (Å²) in [5, 5.41) is 7.21. The summed E-state index contributed by atoms with van der Waals surface area (Å²) in [5.41, 5.74) is 1.20. The monoisotopic (exact) mass is 284 g/mol. The molecule has 7 heteroatoms. The van der Waals surface area contributed by atoms with E-state index in [1.807, 2.05) is 36.4 Å². The molecule has 3 rings (SSSR count). The van der Waals surface area contributed by atoms with E-state index in [1.54, 1.807) is 0 Å². The number of nitrogens with one attached hydrogen (secondary N) is 2. The van der Waals surface area contributed by atoms with E-state index in [2.05, 4.69) is 20.2 Å². The summed E-state index contributed by atoms with van der Waals surface area (Å²) in [7, 11) is 0. The molecule has 0 amide bonds. The van der Waals surface area contributed by atoms with Gasteiger partial charge in [0.05, 0.1) is 5.52 Å². The molecule has 18 heavy (non-hydrogen) atoms. The topological polar surface area (TPSA) is 74.4 Å². The Morgan fingerprint density at radius 1 is 1.00 bits per heavy atom. The molecular weight excluding hydrogens is 275 g/mol. The molecule has 94 valence electrons. The molecule has 2 N–H and O–H groups in total. The lowest BCUT2D eigenvalue weighted by molar-refractivity contribution is 1.05. The van der Waals surface area contributed by atoms with Gasteiger partial charge in [-0.15, -0.1) is 24.8 Å². The molecule has 0 unspecified atom stereocenters. The Bertz CT molecular complexity index is 707. The fourth-order valence-corrected chi connectivity index (χ4v) is 1.59. The Morgan fingerprint density at radius 3 is 2.50 bits per heavy atom. The van der Waals surface area contributed by atoms with Crippen LogP contribution in [0.2, 0.25) is 0 Å². The van der Waals surface area contributed by atoms with Crippen molar-refractivity contribution in [1.29, 1.82) is 0 Å². The minimum absolute atomic E-state index is 0. The van der Waals surface area contributed by atoms with Gasteiger partial charge in [0.1, 0.15) is 5.69 Å². The first-order valence-corrected chi connectivity index (χ1v) is 4.84. The number of pyridine rings is 1. The molecule has 0 saturated heterocycles. The van der Waals surface area contributed by atoms with E-state index in [-0.39, 0.29) is 30.5 Å². The van der Waals surface area contributed by atoms with Gasteiger partial charge in [-0.3, -0.25) is 4.98 Å². The second-order valence-corrected chi connectivity index (χ2v) is 3.42. The van der Waals surface area contributed by atoms with E-state index in [0.717, 1.165) is 10.9 Å². The van der Waals surface area contributed by atoms with Crippen LogP contribution >= 0.6 is 24.8 Å². The number of H-pyrrole nitrogens is 2.